The van der Waals surface area contributed by atoms with Gasteiger partial charge in [-0.3, -0.25) is 0 Å². The van der Waals surface area contributed by atoms with E-state index in [1.165, 1.54) is 5.56 Å². The minimum Gasteiger partial charge on any atom is -0.402 e. The van der Waals surface area contributed by atoms with Gasteiger partial charge < -0.3 is 11.1 Å². The average Bonchev–Trinajstić information content (AvgIpc) is 2.18. The first-order valence-electron chi connectivity index (χ1n) is 5.00. The van der Waals surface area contributed by atoms with E-state index in [4.69, 9.17) is 5.73 Å². The molecule has 0 saturated heterocycles. The van der Waals surface area contributed by atoms with Crippen LogP contribution in [0.4, 0.5) is 0 Å². The van der Waals surface area contributed by atoms with E-state index < -0.39 is 0 Å². The van der Waals surface area contributed by atoms with Gasteiger partial charge in [0.15, 0.2) is 0 Å². The molecule has 1 rings (SSSR count). The average molecular weight is 202 g/mol. The van der Waals surface area contributed by atoms with E-state index in [0.29, 0.717) is 5.70 Å². The number of nitrogens with two attached hydrogens (primary N) is 1. The normalized spacial score (nSPS) is 11.8. The molecule has 0 fully saturated rings. The van der Waals surface area contributed by atoms with E-state index in [-0.39, 0.29) is 5.92 Å². The molecule has 2 heteroatoms. The summed E-state index contributed by atoms with van der Waals surface area (Å²) >= 11 is 0. The Morgan fingerprint density at radius 2 is 1.93 bits per heavy atom. The van der Waals surface area contributed by atoms with Gasteiger partial charge in [0, 0.05) is 23.9 Å². The Bertz CT molecular complexity index is 341. The van der Waals surface area contributed by atoms with Crippen LogP contribution in [0, 0.1) is 0 Å². The molecule has 1 aromatic rings. The molecule has 0 radical (unpaired) electrons. The summed E-state index contributed by atoms with van der Waals surface area (Å²) in [5.74, 6) is 0.142. The predicted octanol–water partition coefficient (Wildman–Crippen LogP) is 2.37. The summed E-state index contributed by atoms with van der Waals surface area (Å²) in [6.45, 7) is 10.3. The Kier molecular flexibility index (Phi) is 3.98. The van der Waals surface area contributed by atoms with Crippen molar-refractivity contribution in [3.8, 4) is 0 Å². The number of hydrogen-bond acceptors (Lipinski definition) is 2. The SMILES string of the molecule is C=C(C)NCC(C(=C)N)c1ccccc1. The predicted molar refractivity (Wildman–Crippen MR) is 65.3 cm³/mol. The highest BCUT2D eigenvalue weighted by molar-refractivity contribution is 5.27. The summed E-state index contributed by atoms with van der Waals surface area (Å²) in [4.78, 5) is 0. The fourth-order valence-electron chi connectivity index (χ4n) is 1.42. The van der Waals surface area contributed by atoms with Crippen LogP contribution in [-0.4, -0.2) is 6.54 Å². The summed E-state index contributed by atoms with van der Waals surface area (Å²) in [7, 11) is 0. The molecular formula is C13H18N2. The molecule has 0 aliphatic heterocycles. The van der Waals surface area contributed by atoms with Crippen molar-refractivity contribution in [2.24, 2.45) is 5.73 Å². The second-order valence-corrected chi connectivity index (χ2v) is 3.70. The van der Waals surface area contributed by atoms with Crippen LogP contribution in [0.2, 0.25) is 0 Å². The number of benzene rings is 1. The first-order valence-corrected chi connectivity index (χ1v) is 5.00. The zero-order valence-electron chi connectivity index (χ0n) is 9.16. The van der Waals surface area contributed by atoms with Crippen LogP contribution in [0.3, 0.4) is 0 Å². The van der Waals surface area contributed by atoms with Gasteiger partial charge >= 0.3 is 0 Å². The van der Waals surface area contributed by atoms with E-state index >= 15 is 0 Å². The van der Waals surface area contributed by atoms with Crippen LogP contribution in [0.5, 0.6) is 0 Å². The Morgan fingerprint density at radius 1 is 1.33 bits per heavy atom. The molecule has 0 amide bonds. The fraction of sp³-hybridized carbons (Fsp3) is 0.231. The Balaban J connectivity index is 2.75. The van der Waals surface area contributed by atoms with Crippen molar-refractivity contribution in [3.63, 3.8) is 0 Å². The summed E-state index contributed by atoms with van der Waals surface area (Å²) in [6.07, 6.45) is 0. The van der Waals surface area contributed by atoms with Gasteiger partial charge in [-0.15, -0.1) is 0 Å². The summed E-state index contributed by atoms with van der Waals surface area (Å²) < 4.78 is 0. The van der Waals surface area contributed by atoms with Gasteiger partial charge in [-0.05, 0) is 12.5 Å². The van der Waals surface area contributed by atoms with Crippen molar-refractivity contribution in [2.45, 2.75) is 12.8 Å². The number of nitrogens with one attached hydrogen (secondary N) is 1. The molecular weight excluding hydrogens is 184 g/mol. The maximum atomic E-state index is 5.79. The fourth-order valence-corrected chi connectivity index (χ4v) is 1.42. The molecule has 0 aromatic heterocycles. The second-order valence-electron chi connectivity index (χ2n) is 3.70. The zero-order chi connectivity index (χ0) is 11.3. The lowest BCUT2D eigenvalue weighted by Gasteiger charge is -2.18. The number of rotatable bonds is 5. The van der Waals surface area contributed by atoms with Crippen molar-refractivity contribution in [1.29, 1.82) is 0 Å². The number of hydrogen-bond donors (Lipinski definition) is 2. The van der Waals surface area contributed by atoms with Crippen LogP contribution >= 0.6 is 0 Å². The standard InChI is InChI=1S/C13H18N2/c1-10(2)15-9-13(11(3)14)12-7-5-4-6-8-12/h4-8,13,15H,1,3,9,14H2,2H3. The lowest BCUT2D eigenvalue weighted by atomic mass is 9.96. The molecule has 1 atom stereocenters. The van der Waals surface area contributed by atoms with E-state index in [0.717, 1.165) is 12.2 Å². The van der Waals surface area contributed by atoms with E-state index in [1.807, 2.05) is 25.1 Å². The van der Waals surface area contributed by atoms with Gasteiger partial charge in [0.2, 0.25) is 0 Å². The van der Waals surface area contributed by atoms with Crippen molar-refractivity contribution in [2.75, 3.05) is 6.54 Å². The maximum absolute atomic E-state index is 5.79. The second kappa shape index (κ2) is 5.25. The summed E-state index contributed by atoms with van der Waals surface area (Å²) in [5, 5.41) is 3.19. The van der Waals surface area contributed by atoms with Crippen LogP contribution in [-0.2, 0) is 0 Å². The van der Waals surface area contributed by atoms with Crippen molar-refractivity contribution < 1.29 is 0 Å². The molecule has 3 N–H and O–H groups in total. The Hall–Kier alpha value is -1.70. The molecule has 0 aliphatic carbocycles. The molecule has 2 nitrogen and oxygen atoms in total. The van der Waals surface area contributed by atoms with E-state index in [2.05, 4.69) is 30.6 Å². The van der Waals surface area contributed by atoms with Gasteiger partial charge in [0.05, 0.1) is 0 Å². The van der Waals surface area contributed by atoms with Gasteiger partial charge in [-0.2, -0.15) is 0 Å². The lowest BCUT2D eigenvalue weighted by Crippen LogP contribution is -2.23. The monoisotopic (exact) mass is 202 g/mol. The molecule has 0 heterocycles. The van der Waals surface area contributed by atoms with Crippen molar-refractivity contribution >= 4 is 0 Å². The third-order valence-electron chi connectivity index (χ3n) is 2.26. The van der Waals surface area contributed by atoms with Gasteiger partial charge in [-0.25, -0.2) is 0 Å². The summed E-state index contributed by atoms with van der Waals surface area (Å²) in [6, 6.07) is 10.1. The first-order chi connectivity index (χ1) is 7.11. The number of allylic oxidation sites excluding steroid dienone is 1. The third kappa shape index (κ3) is 3.50. The van der Waals surface area contributed by atoms with Crippen LogP contribution in [0.1, 0.15) is 18.4 Å². The Morgan fingerprint density at radius 3 is 2.40 bits per heavy atom. The molecule has 15 heavy (non-hydrogen) atoms. The topological polar surface area (TPSA) is 38.0 Å². The van der Waals surface area contributed by atoms with Crippen molar-refractivity contribution in [3.05, 3.63) is 60.4 Å². The lowest BCUT2D eigenvalue weighted by molar-refractivity contribution is 0.695. The van der Waals surface area contributed by atoms with Gasteiger partial charge in [-0.1, -0.05) is 43.5 Å². The van der Waals surface area contributed by atoms with Crippen LogP contribution in [0.15, 0.2) is 54.9 Å². The van der Waals surface area contributed by atoms with Gasteiger partial charge in [0.25, 0.3) is 0 Å². The highest BCUT2D eigenvalue weighted by Crippen LogP contribution is 2.19. The quantitative estimate of drug-likeness (QED) is 0.769. The molecule has 80 valence electrons. The first kappa shape index (κ1) is 11.4. The van der Waals surface area contributed by atoms with E-state index in [9.17, 15) is 0 Å². The maximum Gasteiger partial charge on any atom is 0.0402 e. The minimum absolute atomic E-state index is 0.142. The van der Waals surface area contributed by atoms with Gasteiger partial charge in [0.1, 0.15) is 0 Å². The Labute approximate surface area is 91.5 Å². The van der Waals surface area contributed by atoms with Crippen LogP contribution < -0.4 is 11.1 Å². The molecule has 0 spiro atoms. The molecule has 1 unspecified atom stereocenters. The molecule has 0 saturated carbocycles. The molecule has 0 aliphatic rings. The minimum atomic E-state index is 0.142. The highest BCUT2D eigenvalue weighted by atomic mass is 14.9. The third-order valence-corrected chi connectivity index (χ3v) is 2.26. The largest absolute Gasteiger partial charge is 0.402 e. The van der Waals surface area contributed by atoms with E-state index in [1.54, 1.807) is 0 Å². The summed E-state index contributed by atoms with van der Waals surface area (Å²) in [5.41, 5.74) is 8.59. The zero-order valence-corrected chi connectivity index (χ0v) is 9.16. The van der Waals surface area contributed by atoms with Crippen molar-refractivity contribution in [1.82, 2.24) is 5.32 Å². The molecule has 0 bridgehead atoms. The molecule has 1 aromatic carbocycles. The van der Waals surface area contributed by atoms with Crippen LogP contribution in [0.25, 0.3) is 0 Å². The smallest absolute Gasteiger partial charge is 0.0402 e. The highest BCUT2D eigenvalue weighted by Gasteiger charge is 2.11.